The first-order valence-corrected chi connectivity index (χ1v) is 9.63. The molecule has 0 saturated heterocycles. The first-order chi connectivity index (χ1) is 13.5. The normalized spacial score (nSPS) is 10.7. The second-order valence-electron chi connectivity index (χ2n) is 6.77. The van der Waals surface area contributed by atoms with Crippen molar-refractivity contribution in [1.29, 1.82) is 0 Å². The minimum Gasteiger partial charge on any atom is -0.497 e. The van der Waals surface area contributed by atoms with Crippen molar-refractivity contribution in [2.75, 3.05) is 30.4 Å². The Bertz CT molecular complexity index is 963. The van der Waals surface area contributed by atoms with Gasteiger partial charge in [-0.1, -0.05) is 12.1 Å². The second kappa shape index (κ2) is 8.74. The Morgan fingerprint density at radius 2 is 1.79 bits per heavy atom. The molecule has 3 rings (SSSR count). The van der Waals surface area contributed by atoms with Gasteiger partial charge in [0.25, 0.3) is 0 Å². The van der Waals surface area contributed by atoms with E-state index in [-0.39, 0.29) is 5.91 Å². The summed E-state index contributed by atoms with van der Waals surface area (Å²) in [5.74, 6) is 1.73. The second-order valence-corrected chi connectivity index (χ2v) is 6.77. The van der Waals surface area contributed by atoms with Crippen molar-refractivity contribution >= 4 is 28.3 Å². The number of methoxy groups -OCH3 is 1. The molecule has 0 unspecified atom stereocenters. The van der Waals surface area contributed by atoms with E-state index in [1.54, 1.807) is 7.11 Å². The van der Waals surface area contributed by atoms with Crippen LogP contribution in [0.5, 0.6) is 5.75 Å². The van der Waals surface area contributed by atoms with Crippen LogP contribution in [0.3, 0.4) is 0 Å². The van der Waals surface area contributed by atoms with E-state index in [4.69, 9.17) is 9.72 Å². The topological polar surface area (TPSA) is 54.5 Å². The van der Waals surface area contributed by atoms with E-state index in [9.17, 15) is 4.79 Å². The van der Waals surface area contributed by atoms with Crippen LogP contribution in [-0.2, 0) is 11.2 Å². The molecule has 0 radical (unpaired) electrons. The van der Waals surface area contributed by atoms with Crippen LogP contribution in [0.15, 0.2) is 48.5 Å². The molecule has 5 nitrogen and oxygen atoms in total. The Hall–Kier alpha value is -3.08. The third-order valence-corrected chi connectivity index (χ3v) is 4.90. The zero-order valence-electron chi connectivity index (χ0n) is 17.0. The molecule has 0 spiro atoms. The highest BCUT2D eigenvalue weighted by Gasteiger charge is 2.10. The molecule has 1 amide bonds. The van der Waals surface area contributed by atoms with Gasteiger partial charge < -0.3 is 15.0 Å². The number of benzene rings is 2. The number of hydrogen-bond acceptors (Lipinski definition) is 4. The summed E-state index contributed by atoms with van der Waals surface area (Å²) in [6.45, 7) is 8.19. The highest BCUT2D eigenvalue weighted by Crippen LogP contribution is 2.25. The van der Waals surface area contributed by atoms with Gasteiger partial charge in [-0.15, -0.1) is 0 Å². The molecular formula is C23H27N3O2. The van der Waals surface area contributed by atoms with Crippen molar-refractivity contribution in [3.8, 4) is 5.75 Å². The summed E-state index contributed by atoms with van der Waals surface area (Å²) in [7, 11) is 1.63. The SMILES string of the molecule is CCN(CC)c1cc(C)c2cc(NC(=O)Cc3ccc(OC)cc3)ccc2n1. The molecule has 0 fully saturated rings. The average Bonchev–Trinajstić information content (AvgIpc) is 2.70. The van der Waals surface area contributed by atoms with Crippen molar-refractivity contribution < 1.29 is 9.53 Å². The van der Waals surface area contributed by atoms with Crippen molar-refractivity contribution in [3.05, 3.63) is 59.7 Å². The number of fused-ring (bicyclic) bond motifs is 1. The molecule has 0 aliphatic rings. The highest BCUT2D eigenvalue weighted by molar-refractivity contribution is 5.95. The number of aryl methyl sites for hydroxylation is 1. The van der Waals surface area contributed by atoms with E-state index in [1.807, 2.05) is 42.5 Å². The summed E-state index contributed by atoms with van der Waals surface area (Å²) >= 11 is 0. The fourth-order valence-electron chi connectivity index (χ4n) is 3.30. The first kappa shape index (κ1) is 19.7. The van der Waals surface area contributed by atoms with Crippen LogP contribution in [0.2, 0.25) is 0 Å². The first-order valence-electron chi connectivity index (χ1n) is 9.63. The van der Waals surface area contributed by atoms with Crippen molar-refractivity contribution in [1.82, 2.24) is 4.98 Å². The molecule has 1 aromatic heterocycles. The lowest BCUT2D eigenvalue weighted by Crippen LogP contribution is -2.23. The largest absolute Gasteiger partial charge is 0.497 e. The van der Waals surface area contributed by atoms with Gasteiger partial charge in [-0.3, -0.25) is 4.79 Å². The lowest BCUT2D eigenvalue weighted by molar-refractivity contribution is -0.115. The molecule has 5 heteroatoms. The summed E-state index contributed by atoms with van der Waals surface area (Å²) in [5, 5.41) is 4.04. The number of nitrogens with one attached hydrogen (secondary N) is 1. The maximum atomic E-state index is 12.4. The number of pyridine rings is 1. The van der Waals surface area contributed by atoms with Gasteiger partial charge in [-0.2, -0.15) is 0 Å². The fourth-order valence-corrected chi connectivity index (χ4v) is 3.30. The Morgan fingerprint density at radius 1 is 1.07 bits per heavy atom. The van der Waals surface area contributed by atoms with Crippen molar-refractivity contribution in [2.45, 2.75) is 27.2 Å². The lowest BCUT2D eigenvalue weighted by Gasteiger charge is -2.21. The standard InChI is InChI=1S/C23H27N3O2/c1-5-26(6-2)22-13-16(3)20-15-18(9-12-21(20)25-22)24-23(27)14-17-7-10-19(28-4)11-8-17/h7-13,15H,5-6,14H2,1-4H3,(H,24,27). The number of hydrogen-bond donors (Lipinski definition) is 1. The average molecular weight is 377 g/mol. The van der Waals surface area contributed by atoms with Gasteiger partial charge in [0, 0.05) is 24.2 Å². The Balaban J connectivity index is 1.77. The van der Waals surface area contributed by atoms with E-state index in [0.29, 0.717) is 6.42 Å². The van der Waals surface area contributed by atoms with E-state index in [2.05, 4.69) is 37.1 Å². The number of ether oxygens (including phenoxy) is 1. The number of nitrogens with zero attached hydrogens (tertiary/aromatic N) is 2. The molecule has 1 N–H and O–H groups in total. The zero-order valence-corrected chi connectivity index (χ0v) is 17.0. The molecule has 0 aliphatic heterocycles. The lowest BCUT2D eigenvalue weighted by atomic mass is 10.1. The molecular weight excluding hydrogens is 350 g/mol. The zero-order chi connectivity index (χ0) is 20.1. The van der Waals surface area contributed by atoms with Gasteiger partial charge in [-0.25, -0.2) is 4.98 Å². The minimum atomic E-state index is -0.0464. The summed E-state index contributed by atoms with van der Waals surface area (Å²) in [6, 6.07) is 15.5. The van der Waals surface area contributed by atoms with E-state index < -0.39 is 0 Å². The highest BCUT2D eigenvalue weighted by atomic mass is 16.5. The van der Waals surface area contributed by atoms with Crippen LogP contribution in [0.1, 0.15) is 25.0 Å². The number of carbonyl (C=O) groups is 1. The van der Waals surface area contributed by atoms with Crippen LogP contribution in [0.4, 0.5) is 11.5 Å². The Morgan fingerprint density at radius 3 is 2.43 bits per heavy atom. The summed E-state index contributed by atoms with van der Waals surface area (Å²) in [5.41, 5.74) is 3.82. The van der Waals surface area contributed by atoms with Gasteiger partial charge in [0.15, 0.2) is 0 Å². The van der Waals surface area contributed by atoms with Crippen molar-refractivity contribution in [3.63, 3.8) is 0 Å². The number of carbonyl (C=O) groups excluding carboxylic acids is 1. The maximum absolute atomic E-state index is 12.4. The molecule has 146 valence electrons. The fraction of sp³-hybridized carbons (Fsp3) is 0.304. The van der Waals surface area contributed by atoms with Gasteiger partial charge >= 0.3 is 0 Å². The minimum absolute atomic E-state index is 0.0464. The number of aromatic nitrogens is 1. The third-order valence-electron chi connectivity index (χ3n) is 4.90. The molecule has 0 saturated carbocycles. The maximum Gasteiger partial charge on any atom is 0.228 e. The van der Waals surface area contributed by atoms with Crippen LogP contribution in [0.25, 0.3) is 10.9 Å². The Labute approximate surface area is 166 Å². The molecule has 0 bridgehead atoms. The predicted molar refractivity (Wildman–Crippen MR) is 115 cm³/mol. The molecule has 2 aromatic carbocycles. The van der Waals surface area contributed by atoms with E-state index >= 15 is 0 Å². The van der Waals surface area contributed by atoms with E-state index in [0.717, 1.165) is 52.4 Å². The predicted octanol–water partition coefficient (Wildman–Crippen LogP) is 4.58. The Kier molecular flexibility index (Phi) is 6.14. The van der Waals surface area contributed by atoms with Crippen LogP contribution >= 0.6 is 0 Å². The number of rotatable bonds is 7. The van der Waals surface area contributed by atoms with Crippen LogP contribution in [-0.4, -0.2) is 31.1 Å². The molecule has 0 atom stereocenters. The van der Waals surface area contributed by atoms with Gasteiger partial charge in [-0.05, 0) is 68.3 Å². The molecule has 3 aromatic rings. The summed E-state index contributed by atoms with van der Waals surface area (Å²) in [6.07, 6.45) is 0.320. The monoisotopic (exact) mass is 377 g/mol. The smallest absolute Gasteiger partial charge is 0.228 e. The van der Waals surface area contributed by atoms with Gasteiger partial charge in [0.2, 0.25) is 5.91 Å². The summed E-state index contributed by atoms with van der Waals surface area (Å²) < 4.78 is 5.15. The van der Waals surface area contributed by atoms with Crippen LogP contribution in [0, 0.1) is 6.92 Å². The van der Waals surface area contributed by atoms with E-state index in [1.165, 1.54) is 0 Å². The summed E-state index contributed by atoms with van der Waals surface area (Å²) in [4.78, 5) is 19.4. The van der Waals surface area contributed by atoms with Crippen LogP contribution < -0.4 is 15.0 Å². The quantitative estimate of drug-likeness (QED) is 0.655. The van der Waals surface area contributed by atoms with Gasteiger partial charge in [0.1, 0.15) is 11.6 Å². The van der Waals surface area contributed by atoms with Crippen molar-refractivity contribution in [2.24, 2.45) is 0 Å². The molecule has 0 aliphatic carbocycles. The molecule has 28 heavy (non-hydrogen) atoms. The number of anilines is 2. The molecule has 1 heterocycles. The third kappa shape index (κ3) is 4.42. The number of amides is 1. The van der Waals surface area contributed by atoms with Gasteiger partial charge in [0.05, 0.1) is 19.0 Å².